The molecule has 3 aromatic rings. The molecule has 1 N–H and O–H groups in total. The van der Waals surface area contributed by atoms with Crippen LogP contribution in [0.5, 0.6) is 5.75 Å². The van der Waals surface area contributed by atoms with E-state index in [-0.39, 0.29) is 0 Å². The zero-order valence-corrected chi connectivity index (χ0v) is 18.0. The van der Waals surface area contributed by atoms with Gasteiger partial charge in [-0.25, -0.2) is 4.98 Å². The maximum atomic E-state index is 6.19. The molecule has 2 aromatic heterocycles. The second kappa shape index (κ2) is 7.89. The van der Waals surface area contributed by atoms with Crippen molar-refractivity contribution in [2.75, 3.05) is 44.7 Å². The molecular formula is C23H30N6O. The van der Waals surface area contributed by atoms with Gasteiger partial charge in [-0.15, -0.1) is 0 Å². The number of anilines is 1. The van der Waals surface area contributed by atoms with Gasteiger partial charge in [-0.1, -0.05) is 13.0 Å². The molecule has 158 valence electrons. The lowest BCUT2D eigenvalue weighted by molar-refractivity contribution is 0.136. The lowest BCUT2D eigenvalue weighted by Crippen LogP contribution is -2.51. The van der Waals surface area contributed by atoms with Crippen LogP contribution < -0.4 is 15.0 Å². The molecular weight excluding hydrogens is 376 g/mol. The van der Waals surface area contributed by atoms with Crippen molar-refractivity contribution in [2.45, 2.75) is 25.4 Å². The zero-order valence-electron chi connectivity index (χ0n) is 18.0. The largest absolute Gasteiger partial charge is 0.492 e. The number of aryl methyl sites for hydroxylation is 1. The van der Waals surface area contributed by atoms with E-state index >= 15 is 0 Å². The molecule has 2 atom stereocenters. The number of rotatable bonds is 4. The Bertz CT molecular complexity index is 1050. The van der Waals surface area contributed by atoms with Crippen molar-refractivity contribution >= 4 is 16.7 Å². The van der Waals surface area contributed by atoms with Crippen LogP contribution in [0.15, 0.2) is 36.7 Å². The van der Waals surface area contributed by atoms with E-state index in [0.29, 0.717) is 12.0 Å². The quantitative estimate of drug-likeness (QED) is 0.718. The average molecular weight is 407 g/mol. The molecule has 0 bridgehead atoms. The first-order valence-corrected chi connectivity index (χ1v) is 10.8. The molecule has 0 amide bonds. The summed E-state index contributed by atoms with van der Waals surface area (Å²) in [6.07, 6.45) is 3.81. The highest BCUT2D eigenvalue weighted by molar-refractivity contribution is 5.89. The molecule has 0 spiro atoms. The predicted octanol–water partition coefficient (Wildman–Crippen LogP) is 2.37. The van der Waals surface area contributed by atoms with Crippen LogP contribution in [0.2, 0.25) is 0 Å². The predicted molar refractivity (Wildman–Crippen MR) is 119 cm³/mol. The number of aromatic nitrogens is 3. The molecule has 1 saturated heterocycles. The van der Waals surface area contributed by atoms with Crippen molar-refractivity contribution in [3.05, 3.63) is 47.8 Å². The van der Waals surface area contributed by atoms with Crippen LogP contribution in [0.1, 0.15) is 24.0 Å². The van der Waals surface area contributed by atoms with E-state index in [1.165, 1.54) is 16.8 Å². The Hall–Kier alpha value is -2.64. The third-order valence-corrected chi connectivity index (χ3v) is 6.54. The number of pyridine rings is 1. The van der Waals surface area contributed by atoms with E-state index in [1.54, 1.807) is 0 Å². The molecule has 0 saturated carbocycles. The van der Waals surface area contributed by atoms with Crippen LogP contribution >= 0.6 is 0 Å². The fourth-order valence-corrected chi connectivity index (χ4v) is 4.70. The van der Waals surface area contributed by atoms with E-state index in [9.17, 15) is 0 Å². The lowest BCUT2D eigenvalue weighted by atomic mass is 9.90. The number of nitrogens with one attached hydrogen (secondary N) is 1. The number of piperazine rings is 1. The SMILES string of the molecule is C[C@H]1CN(c2ccnc3c2cnn3C)Cc2ccc(OC[C@H]3CNCCN3C)cc21. The number of hydrogen-bond acceptors (Lipinski definition) is 6. The standard InChI is InChI=1S/C23H30N6O/c1-16-13-29(22-6-7-25-23-21(22)12-26-28(23)3)14-17-4-5-19(10-20(16)17)30-15-18-11-24-8-9-27(18)2/h4-7,10,12,16,18,24H,8-9,11,13-15H2,1-3H3/t16-,18+/m0/s1. The van der Waals surface area contributed by atoms with Crippen molar-refractivity contribution in [3.8, 4) is 5.75 Å². The van der Waals surface area contributed by atoms with Crippen LogP contribution in [0.25, 0.3) is 11.0 Å². The van der Waals surface area contributed by atoms with Gasteiger partial charge in [0.2, 0.25) is 0 Å². The minimum Gasteiger partial charge on any atom is -0.492 e. The van der Waals surface area contributed by atoms with Gasteiger partial charge in [-0.05, 0) is 42.3 Å². The van der Waals surface area contributed by atoms with E-state index < -0.39 is 0 Å². The highest BCUT2D eigenvalue weighted by atomic mass is 16.5. The van der Waals surface area contributed by atoms with Gasteiger partial charge >= 0.3 is 0 Å². The summed E-state index contributed by atoms with van der Waals surface area (Å²) >= 11 is 0. The highest BCUT2D eigenvalue weighted by Gasteiger charge is 2.25. The molecule has 30 heavy (non-hydrogen) atoms. The third-order valence-electron chi connectivity index (χ3n) is 6.54. The molecule has 4 heterocycles. The number of hydrogen-bond donors (Lipinski definition) is 1. The Morgan fingerprint density at radius 2 is 2.13 bits per heavy atom. The molecule has 2 aliphatic rings. The van der Waals surface area contributed by atoms with Gasteiger partial charge < -0.3 is 15.0 Å². The number of likely N-dealkylation sites (N-methyl/N-ethyl adjacent to an activating group) is 1. The number of benzene rings is 1. The minimum atomic E-state index is 0.427. The fourth-order valence-electron chi connectivity index (χ4n) is 4.70. The molecule has 1 aromatic carbocycles. The van der Waals surface area contributed by atoms with E-state index in [4.69, 9.17) is 4.74 Å². The highest BCUT2D eigenvalue weighted by Crippen LogP contribution is 2.35. The van der Waals surface area contributed by atoms with Crippen LogP contribution in [-0.2, 0) is 13.6 Å². The third kappa shape index (κ3) is 3.52. The van der Waals surface area contributed by atoms with Crippen molar-refractivity contribution in [1.29, 1.82) is 0 Å². The van der Waals surface area contributed by atoms with Crippen molar-refractivity contribution in [2.24, 2.45) is 7.05 Å². The van der Waals surface area contributed by atoms with Crippen LogP contribution in [0, 0.1) is 0 Å². The summed E-state index contributed by atoms with van der Waals surface area (Å²) in [6, 6.07) is 9.14. The topological polar surface area (TPSA) is 58.5 Å². The van der Waals surface area contributed by atoms with Gasteiger partial charge in [-0.3, -0.25) is 9.58 Å². The van der Waals surface area contributed by atoms with Crippen molar-refractivity contribution in [3.63, 3.8) is 0 Å². The lowest BCUT2D eigenvalue weighted by Gasteiger charge is -2.35. The van der Waals surface area contributed by atoms with Crippen molar-refractivity contribution in [1.82, 2.24) is 25.0 Å². The van der Waals surface area contributed by atoms with Crippen LogP contribution in [-0.4, -0.2) is 65.5 Å². The summed E-state index contributed by atoms with van der Waals surface area (Å²) in [6.45, 7) is 8.01. The summed E-state index contributed by atoms with van der Waals surface area (Å²) in [7, 11) is 4.12. The van der Waals surface area contributed by atoms with E-state index in [1.807, 2.05) is 24.1 Å². The van der Waals surface area contributed by atoms with Crippen molar-refractivity contribution < 1.29 is 4.74 Å². The molecule has 0 unspecified atom stereocenters. The van der Waals surface area contributed by atoms with Gasteiger partial charge in [-0.2, -0.15) is 5.10 Å². The Labute approximate surface area is 177 Å². The first-order valence-electron chi connectivity index (χ1n) is 10.8. The second-order valence-electron chi connectivity index (χ2n) is 8.63. The number of fused-ring (bicyclic) bond motifs is 2. The molecule has 2 aliphatic heterocycles. The number of nitrogens with zero attached hydrogens (tertiary/aromatic N) is 5. The van der Waals surface area contributed by atoms with Gasteiger partial charge in [0.1, 0.15) is 12.4 Å². The molecule has 7 heteroatoms. The fraction of sp³-hybridized carbons (Fsp3) is 0.478. The Morgan fingerprint density at radius 1 is 1.23 bits per heavy atom. The zero-order chi connectivity index (χ0) is 20.7. The van der Waals surface area contributed by atoms with E-state index in [2.05, 4.69) is 63.4 Å². The summed E-state index contributed by atoms with van der Waals surface area (Å²) in [5.41, 5.74) is 4.90. The molecule has 0 radical (unpaired) electrons. The molecule has 0 aliphatic carbocycles. The van der Waals surface area contributed by atoms with Gasteiger partial charge in [0.05, 0.1) is 23.3 Å². The summed E-state index contributed by atoms with van der Waals surface area (Å²) < 4.78 is 8.02. The van der Waals surface area contributed by atoms with Gasteiger partial charge in [0, 0.05) is 46.0 Å². The monoisotopic (exact) mass is 406 g/mol. The number of ether oxygens (including phenoxy) is 1. The summed E-state index contributed by atoms with van der Waals surface area (Å²) in [5.74, 6) is 1.41. The summed E-state index contributed by atoms with van der Waals surface area (Å²) in [5, 5.41) is 8.96. The molecule has 5 rings (SSSR count). The van der Waals surface area contributed by atoms with Gasteiger partial charge in [0.15, 0.2) is 5.65 Å². The average Bonchev–Trinajstić information content (AvgIpc) is 3.14. The van der Waals surface area contributed by atoms with Gasteiger partial charge in [0.25, 0.3) is 0 Å². The normalized spacial score (nSPS) is 22.3. The maximum absolute atomic E-state index is 6.19. The first-order chi connectivity index (χ1) is 14.6. The minimum absolute atomic E-state index is 0.427. The Morgan fingerprint density at radius 3 is 3.00 bits per heavy atom. The summed E-state index contributed by atoms with van der Waals surface area (Å²) in [4.78, 5) is 9.31. The Kier molecular flexibility index (Phi) is 5.08. The molecule has 7 nitrogen and oxygen atoms in total. The van der Waals surface area contributed by atoms with E-state index in [0.717, 1.165) is 56.1 Å². The maximum Gasteiger partial charge on any atom is 0.159 e. The van der Waals surface area contributed by atoms with Crippen LogP contribution in [0.4, 0.5) is 5.69 Å². The molecule has 1 fully saturated rings. The Balaban J connectivity index is 1.34. The second-order valence-corrected chi connectivity index (χ2v) is 8.63. The smallest absolute Gasteiger partial charge is 0.159 e. The first kappa shape index (κ1) is 19.3. The van der Waals surface area contributed by atoms with Crippen LogP contribution in [0.3, 0.4) is 0 Å².